The van der Waals surface area contributed by atoms with Gasteiger partial charge in [-0.15, -0.1) is 11.3 Å². The van der Waals surface area contributed by atoms with Crippen molar-refractivity contribution in [3.63, 3.8) is 0 Å². The van der Waals surface area contributed by atoms with Crippen LogP contribution in [0.1, 0.15) is 21.3 Å². The number of nitrogens with one attached hydrogen (secondary N) is 1. The molecule has 0 radical (unpaired) electrons. The Balaban J connectivity index is 1.88. The molecular formula is C16H19BrN2OS. The summed E-state index contributed by atoms with van der Waals surface area (Å²) in [6, 6.07) is 12.0. The number of hydrogen-bond acceptors (Lipinski definition) is 4. The monoisotopic (exact) mass is 366 g/mol. The summed E-state index contributed by atoms with van der Waals surface area (Å²) in [5.41, 5.74) is 0.739. The third-order valence-electron chi connectivity index (χ3n) is 3.28. The van der Waals surface area contributed by atoms with E-state index in [2.05, 4.69) is 57.8 Å². The molecule has 2 rings (SSSR count). The predicted octanol–water partition coefficient (Wildman–Crippen LogP) is 3.59. The minimum atomic E-state index is 0.117. The van der Waals surface area contributed by atoms with E-state index in [4.69, 9.17) is 0 Å². The average Bonchev–Trinajstić information content (AvgIpc) is 2.97. The summed E-state index contributed by atoms with van der Waals surface area (Å²) in [6.45, 7) is 1.12. The number of carbonyl (C=O) groups excluding carboxylic acids is 1. The third-order valence-corrected chi connectivity index (χ3v) is 4.79. The molecule has 1 aromatic heterocycles. The molecule has 5 heteroatoms. The average molecular weight is 367 g/mol. The van der Waals surface area contributed by atoms with Gasteiger partial charge in [-0.2, -0.15) is 0 Å². The Hall–Kier alpha value is -1.01. The molecule has 0 aliphatic heterocycles. The van der Waals surface area contributed by atoms with Gasteiger partial charge in [0.15, 0.2) is 5.78 Å². The Bertz CT molecular complexity index is 566. The zero-order chi connectivity index (χ0) is 15.2. The summed E-state index contributed by atoms with van der Waals surface area (Å²) >= 11 is 5.12. The van der Waals surface area contributed by atoms with Gasteiger partial charge in [-0.25, -0.2) is 0 Å². The van der Waals surface area contributed by atoms with Crippen molar-refractivity contribution in [2.24, 2.45) is 0 Å². The maximum atomic E-state index is 12.1. The Morgan fingerprint density at radius 2 is 2.00 bits per heavy atom. The number of nitrogens with zero attached hydrogens (tertiary/aromatic N) is 1. The summed E-state index contributed by atoms with van der Waals surface area (Å²) in [5.74, 6) is 0.117. The van der Waals surface area contributed by atoms with Gasteiger partial charge < -0.3 is 10.2 Å². The van der Waals surface area contributed by atoms with Crippen LogP contribution in [0.15, 0.2) is 46.3 Å². The first-order valence-corrected chi connectivity index (χ1v) is 8.44. The first-order valence-electron chi connectivity index (χ1n) is 6.77. The summed E-state index contributed by atoms with van der Waals surface area (Å²) in [7, 11) is 4.12. The van der Waals surface area contributed by atoms with E-state index in [0.29, 0.717) is 12.6 Å². The molecule has 1 atom stereocenters. The van der Waals surface area contributed by atoms with Crippen molar-refractivity contribution < 1.29 is 4.79 Å². The van der Waals surface area contributed by atoms with E-state index in [-0.39, 0.29) is 5.78 Å². The van der Waals surface area contributed by atoms with Crippen LogP contribution < -0.4 is 5.32 Å². The second kappa shape index (κ2) is 7.84. The summed E-state index contributed by atoms with van der Waals surface area (Å²) in [5, 5.41) is 5.35. The first-order chi connectivity index (χ1) is 10.1. The SMILES string of the molecule is CN(C)C(CNCC(=O)c1ccc(Br)cc1)c1cccs1. The van der Waals surface area contributed by atoms with Crippen molar-refractivity contribution >= 4 is 33.0 Å². The number of carbonyl (C=O) groups is 1. The van der Waals surface area contributed by atoms with Crippen LogP contribution in [0.25, 0.3) is 0 Å². The highest BCUT2D eigenvalue weighted by Gasteiger charge is 2.15. The number of ketones is 1. The molecule has 0 amide bonds. The van der Waals surface area contributed by atoms with Gasteiger partial charge in [0.05, 0.1) is 12.6 Å². The minimum Gasteiger partial charge on any atom is -0.308 e. The Kier molecular flexibility index (Phi) is 6.11. The van der Waals surface area contributed by atoms with Gasteiger partial charge in [0, 0.05) is 21.5 Å². The van der Waals surface area contributed by atoms with Crippen molar-refractivity contribution in [1.82, 2.24) is 10.2 Å². The highest BCUT2D eigenvalue weighted by Crippen LogP contribution is 2.22. The first kappa shape index (κ1) is 16.4. The quantitative estimate of drug-likeness (QED) is 0.760. The lowest BCUT2D eigenvalue weighted by Gasteiger charge is -2.23. The van der Waals surface area contributed by atoms with Gasteiger partial charge in [-0.3, -0.25) is 4.79 Å². The van der Waals surface area contributed by atoms with Crippen LogP contribution in [-0.2, 0) is 0 Å². The summed E-state index contributed by atoms with van der Waals surface area (Å²) in [6.07, 6.45) is 0. The van der Waals surface area contributed by atoms with E-state index in [1.807, 2.05) is 24.3 Å². The van der Waals surface area contributed by atoms with Crippen LogP contribution in [-0.4, -0.2) is 37.9 Å². The number of Topliss-reactive ketones (excluding diaryl/α,β-unsaturated/α-hetero) is 1. The molecule has 0 bridgehead atoms. The normalized spacial score (nSPS) is 12.6. The molecule has 0 saturated heterocycles. The van der Waals surface area contributed by atoms with E-state index < -0.39 is 0 Å². The molecule has 1 aromatic carbocycles. The fraction of sp³-hybridized carbons (Fsp3) is 0.312. The summed E-state index contributed by atoms with van der Waals surface area (Å²) < 4.78 is 0.984. The van der Waals surface area contributed by atoms with Crippen molar-refractivity contribution in [1.29, 1.82) is 0 Å². The Morgan fingerprint density at radius 1 is 1.29 bits per heavy atom. The van der Waals surface area contributed by atoms with Crippen molar-refractivity contribution in [2.45, 2.75) is 6.04 Å². The molecule has 21 heavy (non-hydrogen) atoms. The Labute approximate surface area is 138 Å². The molecule has 0 spiro atoms. The molecule has 1 unspecified atom stereocenters. The van der Waals surface area contributed by atoms with Crippen LogP contribution in [0, 0.1) is 0 Å². The van der Waals surface area contributed by atoms with E-state index in [1.54, 1.807) is 11.3 Å². The fourth-order valence-electron chi connectivity index (χ4n) is 2.08. The topological polar surface area (TPSA) is 32.3 Å². The van der Waals surface area contributed by atoms with Gasteiger partial charge >= 0.3 is 0 Å². The molecule has 3 nitrogen and oxygen atoms in total. The standard InChI is InChI=1S/C16H19BrN2OS/c1-19(2)14(16-4-3-9-21-16)10-18-11-15(20)12-5-7-13(17)8-6-12/h3-9,14,18H,10-11H2,1-2H3. The lowest BCUT2D eigenvalue weighted by atomic mass is 10.1. The molecule has 1 N–H and O–H groups in total. The van der Waals surface area contributed by atoms with Crippen molar-refractivity contribution in [2.75, 3.05) is 27.2 Å². The maximum Gasteiger partial charge on any atom is 0.176 e. The van der Waals surface area contributed by atoms with Gasteiger partial charge in [0.2, 0.25) is 0 Å². The molecule has 2 aromatic rings. The number of likely N-dealkylation sites (N-methyl/N-ethyl adjacent to an activating group) is 1. The van der Waals surface area contributed by atoms with E-state index in [1.165, 1.54) is 4.88 Å². The van der Waals surface area contributed by atoms with Gasteiger partial charge in [-0.05, 0) is 37.7 Å². The van der Waals surface area contributed by atoms with Crippen molar-refractivity contribution in [3.8, 4) is 0 Å². The minimum absolute atomic E-state index is 0.117. The number of halogens is 1. The van der Waals surface area contributed by atoms with Crippen LogP contribution in [0.5, 0.6) is 0 Å². The van der Waals surface area contributed by atoms with Gasteiger partial charge in [0.1, 0.15) is 0 Å². The van der Waals surface area contributed by atoms with Crippen LogP contribution in [0.3, 0.4) is 0 Å². The Morgan fingerprint density at radius 3 is 2.57 bits per heavy atom. The maximum absolute atomic E-state index is 12.1. The lowest BCUT2D eigenvalue weighted by Crippen LogP contribution is -2.33. The highest BCUT2D eigenvalue weighted by atomic mass is 79.9. The predicted molar refractivity (Wildman–Crippen MR) is 92.1 cm³/mol. The number of hydrogen-bond donors (Lipinski definition) is 1. The zero-order valence-corrected chi connectivity index (χ0v) is 14.6. The zero-order valence-electron chi connectivity index (χ0n) is 12.2. The van der Waals surface area contributed by atoms with Crippen LogP contribution in [0.2, 0.25) is 0 Å². The van der Waals surface area contributed by atoms with E-state index in [9.17, 15) is 4.79 Å². The molecule has 0 saturated carbocycles. The van der Waals surface area contributed by atoms with E-state index in [0.717, 1.165) is 16.6 Å². The van der Waals surface area contributed by atoms with Crippen LogP contribution >= 0.6 is 27.3 Å². The molecule has 0 aliphatic rings. The molecule has 1 heterocycles. The fourth-order valence-corrected chi connectivity index (χ4v) is 3.27. The van der Waals surface area contributed by atoms with Crippen molar-refractivity contribution in [3.05, 3.63) is 56.7 Å². The highest BCUT2D eigenvalue weighted by molar-refractivity contribution is 9.10. The van der Waals surface area contributed by atoms with Gasteiger partial charge in [0.25, 0.3) is 0 Å². The molecular weight excluding hydrogens is 348 g/mol. The van der Waals surface area contributed by atoms with Gasteiger partial charge in [-0.1, -0.05) is 34.1 Å². The molecule has 0 aliphatic carbocycles. The summed E-state index contributed by atoms with van der Waals surface area (Å²) in [4.78, 5) is 15.6. The third kappa shape index (κ3) is 4.74. The van der Waals surface area contributed by atoms with E-state index >= 15 is 0 Å². The smallest absolute Gasteiger partial charge is 0.176 e. The molecule has 0 fully saturated rings. The molecule has 112 valence electrons. The number of benzene rings is 1. The lowest BCUT2D eigenvalue weighted by molar-refractivity contribution is 0.0988. The largest absolute Gasteiger partial charge is 0.308 e. The number of rotatable bonds is 7. The van der Waals surface area contributed by atoms with Crippen LogP contribution in [0.4, 0.5) is 0 Å². The second-order valence-corrected chi connectivity index (χ2v) is 6.95. The number of thiophene rings is 1. The second-order valence-electron chi connectivity index (χ2n) is 5.06.